The van der Waals surface area contributed by atoms with Crippen molar-refractivity contribution in [3.63, 3.8) is 0 Å². The van der Waals surface area contributed by atoms with Gasteiger partial charge in [0.2, 0.25) is 0 Å². The van der Waals surface area contributed by atoms with Crippen LogP contribution in [0.25, 0.3) is 0 Å². The smallest absolute Gasteiger partial charge is 0.323 e. The van der Waals surface area contributed by atoms with Gasteiger partial charge in [0.15, 0.2) is 0 Å². The minimum Gasteiger partial charge on any atom is -0.480 e. The second kappa shape index (κ2) is 5.36. The van der Waals surface area contributed by atoms with Crippen LogP contribution in [0.1, 0.15) is 32.1 Å². The molecule has 0 aromatic carbocycles. The summed E-state index contributed by atoms with van der Waals surface area (Å²) >= 11 is 0. The fourth-order valence-electron chi connectivity index (χ4n) is 2.61. The highest BCUT2D eigenvalue weighted by Gasteiger charge is 2.40. The van der Waals surface area contributed by atoms with Gasteiger partial charge in [-0.25, -0.2) is 4.79 Å². The Balaban J connectivity index is 1.86. The van der Waals surface area contributed by atoms with Gasteiger partial charge in [0.25, 0.3) is 0 Å². The number of carboxylic acid groups (broad SMARTS) is 1. The molecule has 6 nitrogen and oxygen atoms in total. The third kappa shape index (κ3) is 3.18. The average Bonchev–Trinajstić information content (AvgIpc) is 3.07. The molecule has 0 radical (unpaired) electrons. The van der Waals surface area contributed by atoms with E-state index in [4.69, 9.17) is 5.11 Å². The Morgan fingerprint density at radius 3 is 2.32 bits per heavy atom. The van der Waals surface area contributed by atoms with Crippen molar-refractivity contribution in [3.05, 3.63) is 0 Å². The minimum absolute atomic E-state index is 0.0636. The molecule has 2 amide bonds. The SMILES string of the molecule is CN(C)C1(CNC(=O)N(CC(=O)O)C2CC2)CCC1. The fourth-order valence-corrected chi connectivity index (χ4v) is 2.61. The van der Waals surface area contributed by atoms with Crippen LogP contribution in [0.3, 0.4) is 0 Å². The fraction of sp³-hybridized carbons (Fsp3) is 0.846. The lowest BCUT2D eigenvalue weighted by Crippen LogP contribution is -2.58. The Morgan fingerprint density at radius 1 is 1.32 bits per heavy atom. The average molecular weight is 269 g/mol. The third-order valence-electron chi connectivity index (χ3n) is 4.36. The molecule has 0 saturated heterocycles. The summed E-state index contributed by atoms with van der Waals surface area (Å²) in [5.74, 6) is -0.951. The van der Waals surface area contributed by atoms with Gasteiger partial charge < -0.3 is 20.2 Å². The Kier molecular flexibility index (Phi) is 3.99. The molecule has 2 fully saturated rings. The van der Waals surface area contributed by atoms with Crippen molar-refractivity contribution in [2.45, 2.75) is 43.7 Å². The van der Waals surface area contributed by atoms with Crippen LogP contribution in [-0.2, 0) is 4.79 Å². The number of amides is 2. The van der Waals surface area contributed by atoms with E-state index in [1.54, 1.807) is 0 Å². The molecule has 6 heteroatoms. The first kappa shape index (κ1) is 14.1. The molecule has 2 saturated carbocycles. The van der Waals surface area contributed by atoms with Crippen LogP contribution in [0.2, 0.25) is 0 Å². The predicted octanol–water partition coefficient (Wildman–Crippen LogP) is 0.729. The van der Waals surface area contributed by atoms with E-state index in [0.717, 1.165) is 25.7 Å². The van der Waals surface area contributed by atoms with E-state index in [9.17, 15) is 9.59 Å². The normalized spacial score (nSPS) is 20.8. The zero-order valence-corrected chi connectivity index (χ0v) is 11.7. The van der Waals surface area contributed by atoms with Crippen LogP contribution in [0.5, 0.6) is 0 Å². The summed E-state index contributed by atoms with van der Waals surface area (Å²) < 4.78 is 0. The van der Waals surface area contributed by atoms with Crippen molar-refractivity contribution in [2.75, 3.05) is 27.2 Å². The topological polar surface area (TPSA) is 72.9 Å². The number of nitrogens with one attached hydrogen (secondary N) is 1. The molecule has 2 N–H and O–H groups in total. The number of hydrogen-bond acceptors (Lipinski definition) is 3. The molecule has 0 aromatic rings. The molecule has 2 aliphatic carbocycles. The van der Waals surface area contributed by atoms with Crippen molar-refractivity contribution in [1.29, 1.82) is 0 Å². The van der Waals surface area contributed by atoms with Gasteiger partial charge in [-0.1, -0.05) is 0 Å². The maximum atomic E-state index is 12.1. The standard InChI is InChI=1S/C13H23N3O3/c1-15(2)13(6-3-7-13)9-14-12(19)16(8-11(17)18)10-4-5-10/h10H,3-9H2,1-2H3,(H,14,19)(H,17,18). The first-order chi connectivity index (χ1) is 8.94. The Bertz CT molecular complexity index is 362. The van der Waals surface area contributed by atoms with E-state index in [1.807, 2.05) is 14.1 Å². The van der Waals surface area contributed by atoms with Gasteiger partial charge in [0.1, 0.15) is 6.54 Å². The number of carbonyl (C=O) groups is 2. The molecular formula is C13H23N3O3. The monoisotopic (exact) mass is 269 g/mol. The molecule has 19 heavy (non-hydrogen) atoms. The summed E-state index contributed by atoms with van der Waals surface area (Å²) in [4.78, 5) is 26.5. The maximum absolute atomic E-state index is 12.1. The van der Waals surface area contributed by atoms with E-state index in [1.165, 1.54) is 11.3 Å². The van der Waals surface area contributed by atoms with Crippen LogP contribution in [0, 0.1) is 0 Å². The number of nitrogens with zero attached hydrogens (tertiary/aromatic N) is 2. The molecule has 0 atom stereocenters. The van der Waals surface area contributed by atoms with Gasteiger partial charge >= 0.3 is 12.0 Å². The lowest BCUT2D eigenvalue weighted by atomic mass is 9.75. The molecule has 0 heterocycles. The molecule has 0 aliphatic heterocycles. The Labute approximate surface area is 113 Å². The van der Waals surface area contributed by atoms with Gasteiger partial charge in [0.05, 0.1) is 0 Å². The maximum Gasteiger partial charge on any atom is 0.323 e. The zero-order chi connectivity index (χ0) is 14.0. The molecule has 0 spiro atoms. The number of rotatable bonds is 6. The third-order valence-corrected chi connectivity index (χ3v) is 4.36. The quantitative estimate of drug-likeness (QED) is 0.745. The van der Waals surface area contributed by atoms with Crippen molar-refractivity contribution >= 4 is 12.0 Å². The second-order valence-electron chi connectivity index (χ2n) is 5.88. The highest BCUT2D eigenvalue weighted by molar-refractivity contribution is 5.80. The predicted molar refractivity (Wildman–Crippen MR) is 71.0 cm³/mol. The lowest BCUT2D eigenvalue weighted by molar-refractivity contribution is -0.137. The van der Waals surface area contributed by atoms with Gasteiger partial charge in [-0.15, -0.1) is 0 Å². The lowest BCUT2D eigenvalue weighted by Gasteiger charge is -2.47. The number of carbonyl (C=O) groups excluding carboxylic acids is 1. The van der Waals surface area contributed by atoms with Crippen molar-refractivity contribution in [2.24, 2.45) is 0 Å². The highest BCUT2D eigenvalue weighted by atomic mass is 16.4. The van der Waals surface area contributed by atoms with Gasteiger partial charge in [-0.3, -0.25) is 4.79 Å². The number of hydrogen-bond donors (Lipinski definition) is 2. The first-order valence-electron chi connectivity index (χ1n) is 6.88. The second-order valence-corrected chi connectivity index (χ2v) is 5.88. The Morgan fingerprint density at radius 2 is 1.95 bits per heavy atom. The number of urea groups is 1. The van der Waals surface area contributed by atoms with E-state index < -0.39 is 5.97 Å². The van der Waals surface area contributed by atoms with E-state index in [2.05, 4.69) is 10.2 Å². The zero-order valence-electron chi connectivity index (χ0n) is 11.7. The molecule has 2 rings (SSSR count). The summed E-state index contributed by atoms with van der Waals surface area (Å²) in [6.45, 7) is 0.396. The Hall–Kier alpha value is -1.30. The highest BCUT2D eigenvalue weighted by Crippen LogP contribution is 2.35. The van der Waals surface area contributed by atoms with Crippen LogP contribution in [0.15, 0.2) is 0 Å². The molecule has 0 unspecified atom stereocenters. The molecule has 0 bridgehead atoms. The van der Waals surface area contributed by atoms with Crippen LogP contribution >= 0.6 is 0 Å². The first-order valence-corrected chi connectivity index (χ1v) is 6.88. The number of carboxylic acids is 1. The van der Waals surface area contributed by atoms with Crippen LogP contribution < -0.4 is 5.32 Å². The van der Waals surface area contributed by atoms with E-state index >= 15 is 0 Å². The summed E-state index contributed by atoms with van der Waals surface area (Å²) in [5, 5.41) is 11.8. The van der Waals surface area contributed by atoms with Crippen LogP contribution in [-0.4, -0.2) is 65.7 Å². The van der Waals surface area contributed by atoms with Gasteiger partial charge in [-0.2, -0.15) is 0 Å². The summed E-state index contributed by atoms with van der Waals surface area (Å²) in [6.07, 6.45) is 5.19. The van der Waals surface area contributed by atoms with Gasteiger partial charge in [0, 0.05) is 18.1 Å². The number of aliphatic carboxylic acids is 1. The molecule has 2 aliphatic rings. The summed E-state index contributed by atoms with van der Waals surface area (Å²) in [6, 6.07) is -0.120. The van der Waals surface area contributed by atoms with Crippen molar-refractivity contribution in [3.8, 4) is 0 Å². The number of likely N-dealkylation sites (N-methyl/N-ethyl adjacent to an activating group) is 1. The van der Waals surface area contributed by atoms with Crippen LogP contribution in [0.4, 0.5) is 4.79 Å². The molecule has 0 aromatic heterocycles. The van der Waals surface area contributed by atoms with E-state index in [0.29, 0.717) is 6.54 Å². The van der Waals surface area contributed by atoms with E-state index in [-0.39, 0.29) is 24.2 Å². The largest absolute Gasteiger partial charge is 0.480 e. The molecular weight excluding hydrogens is 246 g/mol. The summed E-state index contributed by atoms with van der Waals surface area (Å²) in [7, 11) is 4.06. The van der Waals surface area contributed by atoms with Crippen molar-refractivity contribution in [1.82, 2.24) is 15.1 Å². The molecule has 108 valence electrons. The summed E-state index contributed by atoms with van der Waals surface area (Å²) in [5.41, 5.74) is 0.0636. The van der Waals surface area contributed by atoms with Gasteiger partial charge in [-0.05, 0) is 46.2 Å². The van der Waals surface area contributed by atoms with Crippen molar-refractivity contribution < 1.29 is 14.7 Å². The minimum atomic E-state index is -0.951.